The third kappa shape index (κ3) is 10.8. The predicted octanol–water partition coefficient (Wildman–Crippen LogP) is 15.0. The van der Waals surface area contributed by atoms with Gasteiger partial charge in [-0.25, -0.2) is 0 Å². The fourth-order valence-corrected chi connectivity index (χ4v) is 9.96. The van der Waals surface area contributed by atoms with Crippen molar-refractivity contribution in [2.24, 2.45) is 11.3 Å². The van der Waals surface area contributed by atoms with Crippen LogP contribution in [0.25, 0.3) is 38.3 Å². The Labute approximate surface area is 348 Å². The first kappa shape index (κ1) is 42.3. The van der Waals surface area contributed by atoms with E-state index in [2.05, 4.69) is 139 Å². The van der Waals surface area contributed by atoms with Crippen molar-refractivity contribution in [1.82, 2.24) is 0 Å². The Morgan fingerprint density at radius 2 is 1.26 bits per heavy atom. The molecule has 0 saturated carbocycles. The van der Waals surface area contributed by atoms with E-state index in [1.807, 2.05) is 11.8 Å². The number of benzene rings is 4. The predicted molar refractivity (Wildman–Crippen MR) is 245 cm³/mol. The van der Waals surface area contributed by atoms with Crippen molar-refractivity contribution in [2.75, 3.05) is 12.4 Å². The van der Waals surface area contributed by atoms with Crippen LogP contribution >= 0.6 is 11.8 Å². The summed E-state index contributed by atoms with van der Waals surface area (Å²) < 4.78 is 11.4. The highest BCUT2D eigenvalue weighted by atomic mass is 32.2. The van der Waals surface area contributed by atoms with Crippen LogP contribution in [-0.4, -0.2) is 24.4 Å². The van der Waals surface area contributed by atoms with E-state index >= 15 is 0 Å². The monoisotopic (exact) mass is 780 g/mol. The molecule has 0 N–H and O–H groups in total. The van der Waals surface area contributed by atoms with Crippen LogP contribution in [0.4, 0.5) is 0 Å². The van der Waals surface area contributed by atoms with Crippen molar-refractivity contribution in [2.45, 2.75) is 117 Å². The maximum atomic E-state index is 11.9. The van der Waals surface area contributed by atoms with E-state index in [-0.39, 0.29) is 22.9 Å². The number of unbranched alkanes of at least 4 members (excludes halogenated alkanes) is 6. The van der Waals surface area contributed by atoms with Crippen molar-refractivity contribution in [3.05, 3.63) is 133 Å². The molecule has 4 aromatic rings. The molecule has 0 fully saturated rings. The second-order valence-electron chi connectivity index (χ2n) is 17.7. The summed E-state index contributed by atoms with van der Waals surface area (Å²) in [6, 6.07) is 32.2. The SMILES string of the molecule is C=CC(C=C)OC(=O)CCCCCCCCCOc1ccc(-c2ccc(-c3ccc4c(c3)C(CC(C)C)(CC(C)(C)C)c3cc(C5=CCCS5)ccc3-4)cc2)cc1. The van der Waals surface area contributed by atoms with E-state index in [4.69, 9.17) is 9.47 Å². The number of hydrogen-bond donors (Lipinski definition) is 0. The third-order valence-electron chi connectivity index (χ3n) is 11.4. The lowest BCUT2D eigenvalue weighted by Gasteiger charge is -2.39. The molecule has 0 spiro atoms. The number of fused-ring (bicyclic) bond motifs is 3. The highest BCUT2D eigenvalue weighted by Gasteiger charge is 2.46. The minimum absolute atomic E-state index is 0.0294. The minimum atomic E-state index is -0.389. The van der Waals surface area contributed by atoms with Crippen LogP contribution in [0.1, 0.15) is 122 Å². The van der Waals surface area contributed by atoms with Gasteiger partial charge in [0, 0.05) is 22.5 Å². The van der Waals surface area contributed by atoms with Gasteiger partial charge in [0.15, 0.2) is 0 Å². The van der Waals surface area contributed by atoms with Gasteiger partial charge < -0.3 is 9.47 Å². The molecule has 0 amide bonds. The Hall–Kier alpha value is -4.28. The van der Waals surface area contributed by atoms with Gasteiger partial charge in [-0.05, 0) is 130 Å². The first-order valence-corrected chi connectivity index (χ1v) is 22.4. The van der Waals surface area contributed by atoms with Crippen LogP contribution in [-0.2, 0) is 14.9 Å². The third-order valence-corrected chi connectivity index (χ3v) is 12.5. The van der Waals surface area contributed by atoms with Gasteiger partial charge in [-0.15, -0.1) is 11.8 Å². The lowest BCUT2D eigenvalue weighted by atomic mass is 9.64. The van der Waals surface area contributed by atoms with E-state index in [1.54, 1.807) is 12.2 Å². The van der Waals surface area contributed by atoms with Crippen LogP contribution in [0.2, 0.25) is 0 Å². The van der Waals surface area contributed by atoms with Gasteiger partial charge >= 0.3 is 5.97 Å². The highest BCUT2D eigenvalue weighted by Crippen LogP contribution is 2.58. The molecule has 0 saturated heterocycles. The summed E-state index contributed by atoms with van der Waals surface area (Å²) in [6.07, 6.45) is 16.7. The summed E-state index contributed by atoms with van der Waals surface area (Å²) in [6.45, 7) is 20.1. The van der Waals surface area contributed by atoms with E-state index < -0.39 is 0 Å². The van der Waals surface area contributed by atoms with Crippen molar-refractivity contribution >= 4 is 22.6 Å². The Bertz CT molecular complexity index is 2000. The average Bonchev–Trinajstić information content (AvgIpc) is 3.82. The standard InChI is InChI=1S/C53H64O3S/c1-8-44(9-2)56-51(54)19-15-13-11-10-12-14-16-32-55-45-28-24-40(25-29-45)39-20-22-41(23-21-39)42-26-30-46-47-31-27-43(50-18-17-33-57-50)35-49(47)53(36-38(3)4,48(46)34-42)37-52(5,6)7/h8-9,18,20-31,34-35,38,44H,1-2,10-17,19,32-33,36-37H2,3-7H3. The zero-order valence-corrected chi connectivity index (χ0v) is 36.0. The van der Waals surface area contributed by atoms with Gasteiger partial charge in [-0.1, -0.05) is 147 Å². The molecule has 0 bridgehead atoms. The molecule has 4 aromatic carbocycles. The maximum absolute atomic E-state index is 11.9. The summed E-state index contributed by atoms with van der Waals surface area (Å²) in [5.74, 6) is 2.50. The van der Waals surface area contributed by atoms with Gasteiger partial charge in [-0.3, -0.25) is 4.79 Å². The highest BCUT2D eigenvalue weighted by molar-refractivity contribution is 8.08. The Morgan fingerprint density at radius 1 is 0.737 bits per heavy atom. The normalized spacial score (nSPS) is 16.0. The van der Waals surface area contributed by atoms with Gasteiger partial charge in [0.1, 0.15) is 11.9 Å². The molecular formula is C53H64O3S. The molecule has 300 valence electrons. The summed E-state index contributed by atoms with van der Waals surface area (Å²) in [5, 5.41) is 0. The number of carbonyl (C=O) groups excluding carboxylic acids is 1. The molecule has 0 aromatic heterocycles. The number of esters is 1. The molecule has 4 heteroatoms. The van der Waals surface area contributed by atoms with Crippen LogP contribution in [0.3, 0.4) is 0 Å². The summed E-state index contributed by atoms with van der Waals surface area (Å²) >= 11 is 2.00. The van der Waals surface area contributed by atoms with E-state index in [9.17, 15) is 4.79 Å². The van der Waals surface area contributed by atoms with E-state index in [1.165, 1.54) is 80.0 Å². The molecule has 1 aliphatic carbocycles. The smallest absolute Gasteiger partial charge is 0.306 e. The Balaban J connectivity index is 1.05. The molecule has 1 atom stereocenters. The molecule has 1 unspecified atom stereocenters. The largest absolute Gasteiger partial charge is 0.494 e. The molecule has 57 heavy (non-hydrogen) atoms. The maximum Gasteiger partial charge on any atom is 0.306 e. The number of rotatable bonds is 20. The lowest BCUT2D eigenvalue weighted by molar-refractivity contribution is -0.145. The van der Waals surface area contributed by atoms with E-state index in [0.29, 0.717) is 12.3 Å². The molecule has 6 rings (SSSR count). The first-order chi connectivity index (χ1) is 27.5. The van der Waals surface area contributed by atoms with Gasteiger partial charge in [-0.2, -0.15) is 0 Å². The number of allylic oxidation sites excluding steroid dienone is 1. The Kier molecular flexibility index (Phi) is 14.4. The van der Waals surface area contributed by atoms with Gasteiger partial charge in [0.05, 0.1) is 6.61 Å². The Morgan fingerprint density at radius 3 is 1.82 bits per heavy atom. The molecule has 0 radical (unpaired) electrons. The number of ether oxygens (including phenoxy) is 2. The second-order valence-corrected chi connectivity index (χ2v) is 18.9. The topological polar surface area (TPSA) is 35.5 Å². The molecule has 2 aliphatic rings. The van der Waals surface area contributed by atoms with Crippen LogP contribution < -0.4 is 4.74 Å². The lowest BCUT2D eigenvalue weighted by Crippen LogP contribution is -2.32. The number of thioether (sulfide) groups is 1. The summed E-state index contributed by atoms with van der Waals surface area (Å²) in [5.41, 5.74) is 12.3. The minimum Gasteiger partial charge on any atom is -0.494 e. The molecular weight excluding hydrogens is 717 g/mol. The van der Waals surface area contributed by atoms with E-state index in [0.717, 1.165) is 57.3 Å². The van der Waals surface area contributed by atoms with Crippen molar-refractivity contribution < 1.29 is 14.3 Å². The quantitative estimate of drug-likeness (QED) is 0.0508. The number of carbonyl (C=O) groups is 1. The van der Waals surface area contributed by atoms with Crippen LogP contribution in [0.15, 0.2) is 116 Å². The van der Waals surface area contributed by atoms with Crippen molar-refractivity contribution in [3.8, 4) is 39.1 Å². The number of hydrogen-bond acceptors (Lipinski definition) is 4. The van der Waals surface area contributed by atoms with Crippen molar-refractivity contribution in [3.63, 3.8) is 0 Å². The van der Waals surface area contributed by atoms with Crippen LogP contribution in [0.5, 0.6) is 5.75 Å². The zero-order valence-electron chi connectivity index (χ0n) is 35.2. The van der Waals surface area contributed by atoms with Gasteiger partial charge in [0.2, 0.25) is 0 Å². The zero-order chi connectivity index (χ0) is 40.4. The average molecular weight is 781 g/mol. The van der Waals surface area contributed by atoms with Crippen LogP contribution in [0, 0.1) is 11.3 Å². The molecule has 1 aliphatic heterocycles. The fourth-order valence-electron chi connectivity index (χ4n) is 8.98. The summed E-state index contributed by atoms with van der Waals surface area (Å²) in [7, 11) is 0. The molecule has 1 heterocycles. The molecule has 3 nitrogen and oxygen atoms in total. The first-order valence-electron chi connectivity index (χ1n) is 21.4. The van der Waals surface area contributed by atoms with Crippen molar-refractivity contribution in [1.29, 1.82) is 0 Å². The summed E-state index contributed by atoms with van der Waals surface area (Å²) in [4.78, 5) is 13.3. The van der Waals surface area contributed by atoms with Gasteiger partial charge in [0.25, 0.3) is 0 Å². The second kappa shape index (κ2) is 19.4. The fraction of sp³-hybridized carbons (Fsp3) is 0.415.